The summed E-state index contributed by atoms with van der Waals surface area (Å²) in [5.74, 6) is 0. The van der Waals surface area contributed by atoms with Crippen LogP contribution in [0.3, 0.4) is 0 Å². The van der Waals surface area contributed by atoms with Gasteiger partial charge < -0.3 is 0 Å². The van der Waals surface area contributed by atoms with Crippen LogP contribution in [0.2, 0.25) is 10.0 Å². The van der Waals surface area contributed by atoms with Gasteiger partial charge in [0.05, 0.1) is 27.1 Å². The molecule has 0 atom stereocenters. The van der Waals surface area contributed by atoms with Gasteiger partial charge in [0.2, 0.25) is 0 Å². The van der Waals surface area contributed by atoms with Crippen molar-refractivity contribution >= 4 is 23.2 Å². The van der Waals surface area contributed by atoms with Gasteiger partial charge in [0.25, 0.3) is 0 Å². The van der Waals surface area contributed by atoms with E-state index in [4.69, 9.17) is 28.3 Å². The molecule has 0 N–H and O–H groups in total. The molecule has 29 heavy (non-hydrogen) atoms. The van der Waals surface area contributed by atoms with Crippen molar-refractivity contribution in [1.29, 1.82) is 0 Å². The lowest BCUT2D eigenvalue weighted by atomic mass is 10.1. The fourth-order valence-corrected chi connectivity index (χ4v) is 4.02. The van der Waals surface area contributed by atoms with E-state index in [2.05, 4.69) is 49.3 Å². The molecule has 2 aromatic heterocycles. The van der Waals surface area contributed by atoms with Crippen molar-refractivity contribution in [1.82, 2.24) is 19.6 Å². The maximum absolute atomic E-state index is 6.91. The van der Waals surface area contributed by atoms with E-state index in [1.54, 1.807) is 0 Å². The smallest absolute Gasteiger partial charge is 0.134 e. The van der Waals surface area contributed by atoms with Gasteiger partial charge in [-0.05, 0) is 39.8 Å². The first kappa shape index (κ1) is 19.7. The second-order valence-electron chi connectivity index (χ2n) is 7.38. The molecule has 2 heterocycles. The van der Waals surface area contributed by atoms with E-state index in [-0.39, 0.29) is 0 Å². The topological polar surface area (TPSA) is 35.6 Å². The van der Waals surface area contributed by atoms with Gasteiger partial charge in [0.1, 0.15) is 12.4 Å². The molecule has 0 aliphatic rings. The summed E-state index contributed by atoms with van der Waals surface area (Å²) in [5.41, 5.74) is 7.69. The Hall–Kier alpha value is -2.56. The molecule has 0 unspecified atom stereocenters. The first-order chi connectivity index (χ1) is 13.8. The predicted octanol–water partition coefficient (Wildman–Crippen LogP) is 6.46. The maximum Gasteiger partial charge on any atom is 0.134 e. The van der Waals surface area contributed by atoms with Crippen LogP contribution in [-0.2, 0) is 6.67 Å². The minimum absolute atomic E-state index is 0.425. The number of benzene rings is 2. The Morgan fingerprint density at radius 3 is 1.97 bits per heavy atom. The van der Waals surface area contributed by atoms with Crippen molar-refractivity contribution in [2.75, 3.05) is 0 Å². The zero-order chi connectivity index (χ0) is 20.7. The fourth-order valence-electron chi connectivity index (χ4n) is 3.53. The van der Waals surface area contributed by atoms with E-state index in [1.807, 2.05) is 41.4 Å². The lowest BCUT2D eigenvalue weighted by molar-refractivity contribution is 0.496. The van der Waals surface area contributed by atoms with Crippen molar-refractivity contribution in [3.8, 4) is 22.5 Å². The van der Waals surface area contributed by atoms with Crippen LogP contribution in [0.1, 0.15) is 22.5 Å². The Bertz CT molecular complexity index is 1200. The Kier molecular flexibility index (Phi) is 5.24. The Morgan fingerprint density at radius 2 is 1.38 bits per heavy atom. The normalized spacial score (nSPS) is 11.2. The molecule has 4 nitrogen and oxygen atoms in total. The van der Waals surface area contributed by atoms with Crippen molar-refractivity contribution in [2.24, 2.45) is 0 Å². The SMILES string of the molecule is Cc1cccc(-c2nn(Cn3nc(C)c(Cl)c3C)c(-c3cccc(C)c3)c2Cl)c1. The lowest BCUT2D eigenvalue weighted by Gasteiger charge is -2.10. The third kappa shape index (κ3) is 3.70. The number of halogens is 2. The molecule has 4 rings (SSSR count). The van der Waals surface area contributed by atoms with Crippen molar-refractivity contribution in [3.63, 3.8) is 0 Å². The molecule has 0 spiro atoms. The number of nitrogens with zero attached hydrogens (tertiary/aromatic N) is 4. The van der Waals surface area contributed by atoms with E-state index >= 15 is 0 Å². The third-order valence-electron chi connectivity index (χ3n) is 5.04. The minimum Gasteiger partial charge on any atom is -0.246 e. The number of rotatable bonds is 4. The molecule has 0 radical (unpaired) electrons. The summed E-state index contributed by atoms with van der Waals surface area (Å²) in [4.78, 5) is 0. The Morgan fingerprint density at radius 1 is 0.759 bits per heavy atom. The summed E-state index contributed by atoms with van der Waals surface area (Å²) in [6.45, 7) is 8.42. The average Bonchev–Trinajstić information content (AvgIpc) is 3.13. The molecule has 4 aromatic rings. The highest BCUT2D eigenvalue weighted by atomic mass is 35.5. The third-order valence-corrected chi connectivity index (χ3v) is 5.94. The molecular weight excluding hydrogens is 403 g/mol. The lowest BCUT2D eigenvalue weighted by Crippen LogP contribution is -2.13. The van der Waals surface area contributed by atoms with Crippen LogP contribution < -0.4 is 0 Å². The van der Waals surface area contributed by atoms with E-state index < -0.39 is 0 Å². The van der Waals surface area contributed by atoms with Gasteiger partial charge in [-0.25, -0.2) is 9.36 Å². The van der Waals surface area contributed by atoms with Crippen LogP contribution in [-0.4, -0.2) is 19.6 Å². The Balaban J connectivity index is 1.90. The first-order valence-corrected chi connectivity index (χ1v) is 10.2. The van der Waals surface area contributed by atoms with Crippen LogP contribution in [0, 0.1) is 27.7 Å². The zero-order valence-electron chi connectivity index (χ0n) is 16.9. The zero-order valence-corrected chi connectivity index (χ0v) is 18.4. The molecule has 0 aliphatic heterocycles. The molecular formula is C23H22Cl2N4. The van der Waals surface area contributed by atoms with Gasteiger partial charge in [-0.15, -0.1) is 0 Å². The molecule has 0 amide bonds. The second kappa shape index (κ2) is 7.69. The molecule has 0 saturated carbocycles. The van der Waals surface area contributed by atoms with E-state index in [0.29, 0.717) is 16.7 Å². The number of aromatic nitrogens is 4. The molecule has 0 bridgehead atoms. The minimum atomic E-state index is 0.425. The van der Waals surface area contributed by atoms with Gasteiger partial charge >= 0.3 is 0 Å². The van der Waals surface area contributed by atoms with E-state index in [9.17, 15) is 0 Å². The van der Waals surface area contributed by atoms with E-state index in [1.165, 1.54) is 0 Å². The highest BCUT2D eigenvalue weighted by molar-refractivity contribution is 6.35. The maximum atomic E-state index is 6.91. The summed E-state index contributed by atoms with van der Waals surface area (Å²) in [7, 11) is 0. The van der Waals surface area contributed by atoms with Gasteiger partial charge in [-0.2, -0.15) is 10.2 Å². The first-order valence-electron chi connectivity index (χ1n) is 9.45. The quantitative estimate of drug-likeness (QED) is 0.376. The number of hydrogen-bond acceptors (Lipinski definition) is 2. The molecule has 2 aromatic carbocycles. The summed E-state index contributed by atoms with van der Waals surface area (Å²) in [5, 5.41) is 10.8. The van der Waals surface area contributed by atoms with Gasteiger partial charge in [-0.1, -0.05) is 70.7 Å². The fraction of sp³-hybridized carbons (Fsp3) is 0.217. The summed E-state index contributed by atoms with van der Waals surface area (Å²) >= 11 is 13.3. The summed E-state index contributed by atoms with van der Waals surface area (Å²) in [6, 6.07) is 16.5. The van der Waals surface area contributed by atoms with Crippen LogP contribution in [0.5, 0.6) is 0 Å². The van der Waals surface area contributed by atoms with Crippen LogP contribution in [0.25, 0.3) is 22.5 Å². The van der Waals surface area contributed by atoms with Gasteiger partial charge in [0, 0.05) is 11.1 Å². The highest BCUT2D eigenvalue weighted by Gasteiger charge is 2.21. The summed E-state index contributed by atoms with van der Waals surface area (Å²) in [6.07, 6.45) is 0. The van der Waals surface area contributed by atoms with Gasteiger partial charge in [0.15, 0.2) is 0 Å². The van der Waals surface area contributed by atoms with Crippen molar-refractivity contribution in [3.05, 3.63) is 81.1 Å². The second-order valence-corrected chi connectivity index (χ2v) is 8.13. The largest absolute Gasteiger partial charge is 0.246 e. The standard InChI is InChI=1S/C23H22Cl2N4/c1-14-7-5-9-18(11-14)22-21(25)23(19-10-6-8-15(2)12-19)29(27-22)13-28-17(4)20(24)16(3)26-28/h5-12H,13H2,1-4H3. The number of aryl methyl sites for hydroxylation is 3. The van der Waals surface area contributed by atoms with Crippen LogP contribution in [0.15, 0.2) is 48.5 Å². The number of hydrogen-bond donors (Lipinski definition) is 0. The molecule has 0 saturated heterocycles. The molecule has 6 heteroatoms. The van der Waals surface area contributed by atoms with Crippen LogP contribution >= 0.6 is 23.2 Å². The predicted molar refractivity (Wildman–Crippen MR) is 120 cm³/mol. The summed E-state index contributed by atoms with van der Waals surface area (Å²) < 4.78 is 3.77. The molecule has 148 valence electrons. The van der Waals surface area contributed by atoms with Crippen LogP contribution in [0.4, 0.5) is 0 Å². The van der Waals surface area contributed by atoms with Gasteiger partial charge in [-0.3, -0.25) is 0 Å². The molecule has 0 aliphatic carbocycles. The highest BCUT2D eigenvalue weighted by Crippen LogP contribution is 2.37. The van der Waals surface area contributed by atoms with Crippen molar-refractivity contribution in [2.45, 2.75) is 34.4 Å². The van der Waals surface area contributed by atoms with E-state index in [0.717, 1.165) is 45.0 Å². The average molecular weight is 425 g/mol. The molecule has 0 fully saturated rings. The Labute approximate surface area is 180 Å². The van der Waals surface area contributed by atoms with Crippen molar-refractivity contribution < 1.29 is 0 Å². The monoisotopic (exact) mass is 424 g/mol.